The molecule has 1 atom stereocenters. The van der Waals surface area contributed by atoms with Crippen molar-refractivity contribution in [3.8, 4) is 0 Å². The number of rotatable bonds is 3. The zero-order chi connectivity index (χ0) is 12.2. The van der Waals surface area contributed by atoms with Gasteiger partial charge in [-0.05, 0) is 5.56 Å². The van der Waals surface area contributed by atoms with Gasteiger partial charge < -0.3 is 5.11 Å². The van der Waals surface area contributed by atoms with Crippen LogP contribution in [-0.2, 0) is 0 Å². The van der Waals surface area contributed by atoms with Crippen LogP contribution in [0.5, 0.6) is 0 Å². The maximum atomic E-state index is 12.5. The third-order valence-corrected chi connectivity index (χ3v) is 2.50. The van der Waals surface area contributed by atoms with Crippen LogP contribution in [0.25, 0.3) is 6.08 Å². The molecular weight excluding hydrogens is 241 g/mol. The summed E-state index contributed by atoms with van der Waals surface area (Å²) < 4.78 is 37.4. The number of halogens is 4. The molecule has 1 nitrogen and oxygen atoms in total. The lowest BCUT2D eigenvalue weighted by molar-refractivity contribution is -0.157. The van der Waals surface area contributed by atoms with Gasteiger partial charge in [0.05, 0.1) is 6.61 Å². The molecule has 0 bridgehead atoms. The van der Waals surface area contributed by atoms with E-state index in [-0.39, 0.29) is 0 Å². The topological polar surface area (TPSA) is 20.2 Å². The van der Waals surface area contributed by atoms with Gasteiger partial charge in [0.15, 0.2) is 4.87 Å². The SMILES string of the molecule is OCC(Cl)(C=Cc1ccccc1)C(F)(F)F. The van der Waals surface area contributed by atoms with Crippen LogP contribution in [0.2, 0.25) is 0 Å². The van der Waals surface area contributed by atoms with Crippen molar-refractivity contribution >= 4 is 17.7 Å². The second kappa shape index (κ2) is 4.89. The van der Waals surface area contributed by atoms with Gasteiger partial charge in [0.2, 0.25) is 0 Å². The Morgan fingerprint density at radius 1 is 1.19 bits per heavy atom. The van der Waals surface area contributed by atoms with Gasteiger partial charge in [0, 0.05) is 0 Å². The van der Waals surface area contributed by atoms with Crippen molar-refractivity contribution in [2.45, 2.75) is 11.1 Å². The summed E-state index contributed by atoms with van der Waals surface area (Å²) in [6.07, 6.45) is -2.70. The summed E-state index contributed by atoms with van der Waals surface area (Å²) in [5.74, 6) is 0. The number of hydrogen-bond acceptors (Lipinski definition) is 1. The molecule has 1 aromatic carbocycles. The van der Waals surface area contributed by atoms with Crippen molar-refractivity contribution in [3.05, 3.63) is 42.0 Å². The smallest absolute Gasteiger partial charge is 0.394 e. The fraction of sp³-hybridized carbons (Fsp3) is 0.273. The Balaban J connectivity index is 2.90. The molecule has 0 aliphatic carbocycles. The predicted molar refractivity (Wildman–Crippen MR) is 57.2 cm³/mol. The first kappa shape index (κ1) is 13.1. The third-order valence-electron chi connectivity index (χ3n) is 2.04. The maximum Gasteiger partial charge on any atom is 0.413 e. The molecule has 0 heterocycles. The molecule has 0 saturated carbocycles. The molecule has 1 unspecified atom stereocenters. The van der Waals surface area contributed by atoms with Crippen molar-refractivity contribution in [1.29, 1.82) is 0 Å². The van der Waals surface area contributed by atoms with Crippen LogP contribution < -0.4 is 0 Å². The van der Waals surface area contributed by atoms with Crippen LogP contribution in [0.1, 0.15) is 5.56 Å². The lowest BCUT2D eigenvalue weighted by Gasteiger charge is -2.23. The van der Waals surface area contributed by atoms with Gasteiger partial charge in [0.25, 0.3) is 0 Å². The van der Waals surface area contributed by atoms with E-state index in [2.05, 4.69) is 0 Å². The molecule has 0 aliphatic heterocycles. The number of hydrogen-bond donors (Lipinski definition) is 1. The Kier molecular flexibility index (Phi) is 3.99. The molecule has 0 fully saturated rings. The van der Waals surface area contributed by atoms with Gasteiger partial charge in [-0.15, -0.1) is 11.6 Å². The zero-order valence-electron chi connectivity index (χ0n) is 8.21. The van der Waals surface area contributed by atoms with Crippen LogP contribution in [-0.4, -0.2) is 22.8 Å². The maximum absolute atomic E-state index is 12.5. The van der Waals surface area contributed by atoms with E-state index in [0.29, 0.717) is 5.56 Å². The molecule has 1 rings (SSSR count). The van der Waals surface area contributed by atoms with Crippen molar-refractivity contribution in [1.82, 2.24) is 0 Å². The van der Waals surface area contributed by atoms with Gasteiger partial charge in [-0.2, -0.15) is 13.2 Å². The highest BCUT2D eigenvalue weighted by atomic mass is 35.5. The second-order valence-corrected chi connectivity index (χ2v) is 3.94. The number of benzene rings is 1. The Morgan fingerprint density at radius 2 is 1.75 bits per heavy atom. The van der Waals surface area contributed by atoms with Crippen molar-refractivity contribution in [2.75, 3.05) is 6.61 Å². The highest BCUT2D eigenvalue weighted by Gasteiger charge is 2.51. The second-order valence-electron chi connectivity index (χ2n) is 3.26. The molecular formula is C11H10ClF3O. The number of alkyl halides is 4. The molecule has 5 heteroatoms. The average molecular weight is 251 g/mol. The quantitative estimate of drug-likeness (QED) is 0.817. The number of aliphatic hydroxyl groups is 1. The van der Waals surface area contributed by atoms with Crippen LogP contribution >= 0.6 is 11.6 Å². The van der Waals surface area contributed by atoms with E-state index < -0.39 is 17.7 Å². The molecule has 0 aliphatic rings. The third kappa shape index (κ3) is 3.00. The fourth-order valence-electron chi connectivity index (χ4n) is 1.03. The Morgan fingerprint density at radius 3 is 2.19 bits per heavy atom. The highest BCUT2D eigenvalue weighted by molar-refractivity contribution is 6.26. The van der Waals surface area contributed by atoms with Gasteiger partial charge in [0.1, 0.15) is 0 Å². The summed E-state index contributed by atoms with van der Waals surface area (Å²) in [5, 5.41) is 8.70. The standard InChI is InChI=1S/C11H10ClF3O/c12-10(8-16,11(13,14)15)7-6-9-4-2-1-3-5-9/h1-7,16H,8H2. The average Bonchev–Trinajstić information content (AvgIpc) is 2.26. The molecule has 1 N–H and O–H groups in total. The van der Waals surface area contributed by atoms with Crippen molar-refractivity contribution < 1.29 is 18.3 Å². The zero-order valence-corrected chi connectivity index (χ0v) is 8.96. The minimum absolute atomic E-state index is 0.588. The molecule has 0 radical (unpaired) electrons. The molecule has 88 valence electrons. The van der Waals surface area contributed by atoms with E-state index in [1.165, 1.54) is 6.08 Å². The Bertz CT molecular complexity index is 361. The molecule has 0 saturated heterocycles. The number of aliphatic hydroxyl groups excluding tert-OH is 1. The Hall–Kier alpha value is -1.00. The molecule has 0 amide bonds. The molecule has 16 heavy (non-hydrogen) atoms. The lowest BCUT2D eigenvalue weighted by Crippen LogP contribution is -2.41. The molecule has 0 spiro atoms. The lowest BCUT2D eigenvalue weighted by atomic mass is 10.1. The van der Waals surface area contributed by atoms with Crippen molar-refractivity contribution in [3.63, 3.8) is 0 Å². The summed E-state index contributed by atoms with van der Waals surface area (Å²) in [6, 6.07) is 8.43. The normalized spacial score (nSPS) is 16.3. The summed E-state index contributed by atoms with van der Waals surface area (Å²) in [7, 11) is 0. The summed E-state index contributed by atoms with van der Waals surface area (Å²) in [6.45, 7) is -1.19. The van der Waals surface area contributed by atoms with Gasteiger partial charge in [-0.25, -0.2) is 0 Å². The van der Waals surface area contributed by atoms with E-state index in [0.717, 1.165) is 6.08 Å². The monoisotopic (exact) mass is 250 g/mol. The van der Waals surface area contributed by atoms with Crippen LogP contribution in [0.4, 0.5) is 13.2 Å². The first-order valence-corrected chi connectivity index (χ1v) is 4.88. The summed E-state index contributed by atoms with van der Waals surface area (Å²) in [5.41, 5.74) is 0.588. The van der Waals surface area contributed by atoms with E-state index in [1.807, 2.05) is 0 Å². The highest BCUT2D eigenvalue weighted by Crippen LogP contribution is 2.37. The Labute approximate surface area is 96.2 Å². The first-order chi connectivity index (χ1) is 7.39. The molecule has 0 aromatic heterocycles. The largest absolute Gasteiger partial charge is 0.413 e. The summed E-state index contributed by atoms with van der Waals surface area (Å²) in [4.78, 5) is -2.72. The predicted octanol–water partition coefficient (Wildman–Crippen LogP) is 3.23. The minimum Gasteiger partial charge on any atom is -0.394 e. The van der Waals surface area contributed by atoms with Crippen LogP contribution in [0, 0.1) is 0 Å². The summed E-state index contributed by atoms with van der Waals surface area (Å²) >= 11 is 5.29. The first-order valence-electron chi connectivity index (χ1n) is 4.50. The van der Waals surface area contributed by atoms with Crippen LogP contribution in [0.3, 0.4) is 0 Å². The van der Waals surface area contributed by atoms with E-state index in [4.69, 9.17) is 16.7 Å². The molecule has 1 aromatic rings. The van der Waals surface area contributed by atoms with Gasteiger partial charge in [-0.3, -0.25) is 0 Å². The van der Waals surface area contributed by atoms with Crippen LogP contribution in [0.15, 0.2) is 36.4 Å². The fourth-order valence-corrected chi connectivity index (χ4v) is 1.09. The van der Waals surface area contributed by atoms with Gasteiger partial charge in [-0.1, -0.05) is 42.5 Å². The van der Waals surface area contributed by atoms with E-state index in [1.54, 1.807) is 30.3 Å². The van der Waals surface area contributed by atoms with E-state index >= 15 is 0 Å². The van der Waals surface area contributed by atoms with Gasteiger partial charge >= 0.3 is 6.18 Å². The minimum atomic E-state index is -4.69. The van der Waals surface area contributed by atoms with Crippen molar-refractivity contribution in [2.24, 2.45) is 0 Å². The van der Waals surface area contributed by atoms with E-state index in [9.17, 15) is 13.2 Å².